The number of carbonyl (C=O) groups is 3. The summed E-state index contributed by atoms with van der Waals surface area (Å²) in [6, 6.07) is 1.65. The zero-order chi connectivity index (χ0) is 15.9. The molecular weight excluding hydrogens is 284 g/mol. The first kappa shape index (κ1) is 14.7. The molecule has 1 unspecified atom stereocenters. The van der Waals surface area contributed by atoms with Gasteiger partial charge in [0.15, 0.2) is 6.29 Å². The van der Waals surface area contributed by atoms with E-state index in [-0.39, 0.29) is 30.1 Å². The lowest BCUT2D eigenvalue weighted by atomic mass is 9.95. The van der Waals surface area contributed by atoms with E-state index in [1.54, 1.807) is 14.0 Å². The van der Waals surface area contributed by atoms with Crippen LogP contribution in [0.1, 0.15) is 53.6 Å². The number of hydrogen-bond donors (Lipinski definition) is 1. The highest BCUT2D eigenvalue weighted by Gasteiger charge is 2.46. The van der Waals surface area contributed by atoms with Crippen LogP contribution < -0.4 is 5.32 Å². The second-order valence-electron chi connectivity index (χ2n) is 6.32. The predicted octanol–water partition coefficient (Wildman–Crippen LogP) is 0.599. The molecule has 3 rings (SSSR count). The van der Waals surface area contributed by atoms with Crippen LogP contribution in [0.15, 0.2) is 6.07 Å². The summed E-state index contributed by atoms with van der Waals surface area (Å²) in [6.07, 6.45) is 4.84. The summed E-state index contributed by atoms with van der Waals surface area (Å²) in [5.41, 5.74) is -0.452. The maximum absolute atomic E-state index is 12.7. The van der Waals surface area contributed by atoms with Crippen molar-refractivity contribution in [2.24, 2.45) is 0 Å². The molecule has 0 bridgehead atoms. The molecule has 2 amide bonds. The van der Waals surface area contributed by atoms with Gasteiger partial charge in [-0.1, -0.05) is 12.8 Å². The summed E-state index contributed by atoms with van der Waals surface area (Å²) in [5.74, 6) is -0.458. The van der Waals surface area contributed by atoms with Crippen molar-refractivity contribution in [3.05, 3.63) is 17.5 Å². The Morgan fingerprint density at radius 1 is 1.45 bits per heavy atom. The molecule has 1 saturated carbocycles. The van der Waals surface area contributed by atoms with Gasteiger partial charge < -0.3 is 10.2 Å². The number of likely N-dealkylation sites (N-methyl/N-ethyl adjacent to an activating group) is 1. The van der Waals surface area contributed by atoms with Gasteiger partial charge in [-0.05, 0) is 25.8 Å². The van der Waals surface area contributed by atoms with Crippen molar-refractivity contribution >= 4 is 18.1 Å². The Bertz CT molecular complexity index is 633. The monoisotopic (exact) mass is 304 g/mol. The summed E-state index contributed by atoms with van der Waals surface area (Å²) in [5, 5.41) is 7.13. The lowest BCUT2D eigenvalue weighted by molar-refractivity contribution is -0.133. The first-order valence-corrected chi connectivity index (χ1v) is 7.58. The molecule has 1 fully saturated rings. The lowest BCUT2D eigenvalue weighted by Gasteiger charge is -2.41. The van der Waals surface area contributed by atoms with Crippen molar-refractivity contribution in [1.82, 2.24) is 20.0 Å². The van der Waals surface area contributed by atoms with Gasteiger partial charge in [0.1, 0.15) is 16.9 Å². The largest absolute Gasteiger partial charge is 0.351 e. The molecule has 1 aromatic heterocycles. The van der Waals surface area contributed by atoms with Crippen LogP contribution >= 0.6 is 0 Å². The highest BCUT2D eigenvalue weighted by atomic mass is 16.2. The molecule has 1 N–H and O–H groups in total. The van der Waals surface area contributed by atoms with E-state index in [0.29, 0.717) is 12.0 Å². The van der Waals surface area contributed by atoms with Gasteiger partial charge >= 0.3 is 0 Å². The molecule has 0 saturated heterocycles. The van der Waals surface area contributed by atoms with Crippen LogP contribution in [0.25, 0.3) is 0 Å². The predicted molar refractivity (Wildman–Crippen MR) is 78.5 cm³/mol. The highest BCUT2D eigenvalue weighted by Crippen LogP contribution is 2.27. The SMILES string of the molecule is CN1C(=O)c2cc(C=O)nn2CC1(C)C(=O)NC1CCCC1. The van der Waals surface area contributed by atoms with Gasteiger partial charge in [-0.25, -0.2) is 0 Å². The fourth-order valence-electron chi connectivity index (χ4n) is 3.22. The number of amides is 2. The van der Waals surface area contributed by atoms with E-state index >= 15 is 0 Å². The molecule has 118 valence electrons. The Morgan fingerprint density at radius 3 is 2.77 bits per heavy atom. The Balaban J connectivity index is 1.87. The zero-order valence-electron chi connectivity index (χ0n) is 12.8. The number of rotatable bonds is 3. The summed E-state index contributed by atoms with van der Waals surface area (Å²) < 4.78 is 1.46. The van der Waals surface area contributed by atoms with Crippen LogP contribution in [-0.2, 0) is 11.3 Å². The van der Waals surface area contributed by atoms with E-state index in [9.17, 15) is 14.4 Å². The first-order valence-electron chi connectivity index (χ1n) is 7.58. The molecule has 1 atom stereocenters. The molecular formula is C15H20N4O3. The third-order valence-corrected chi connectivity index (χ3v) is 4.82. The minimum atomic E-state index is -1.00. The third-order valence-electron chi connectivity index (χ3n) is 4.82. The van der Waals surface area contributed by atoms with Gasteiger partial charge in [-0.3, -0.25) is 19.1 Å². The van der Waals surface area contributed by atoms with Crippen molar-refractivity contribution in [1.29, 1.82) is 0 Å². The summed E-state index contributed by atoms with van der Waals surface area (Å²) in [4.78, 5) is 37.5. The van der Waals surface area contributed by atoms with Gasteiger partial charge in [0.05, 0.1) is 6.54 Å². The molecule has 22 heavy (non-hydrogen) atoms. The third kappa shape index (κ3) is 2.20. The van der Waals surface area contributed by atoms with Crippen LogP contribution in [0.5, 0.6) is 0 Å². The number of fused-ring (bicyclic) bond motifs is 1. The fraction of sp³-hybridized carbons (Fsp3) is 0.600. The van der Waals surface area contributed by atoms with Crippen LogP contribution in [0.2, 0.25) is 0 Å². The van der Waals surface area contributed by atoms with Gasteiger partial charge in [0, 0.05) is 13.1 Å². The summed E-state index contributed by atoms with van der Waals surface area (Å²) >= 11 is 0. The number of nitrogens with zero attached hydrogens (tertiary/aromatic N) is 3. The second-order valence-corrected chi connectivity index (χ2v) is 6.32. The Labute approximate surface area is 128 Å². The van der Waals surface area contributed by atoms with Gasteiger partial charge in [0.2, 0.25) is 5.91 Å². The minimum Gasteiger partial charge on any atom is -0.351 e. The number of carbonyl (C=O) groups excluding carboxylic acids is 3. The van der Waals surface area contributed by atoms with Gasteiger partial charge in [0.25, 0.3) is 5.91 Å². The molecule has 1 aliphatic carbocycles. The first-order chi connectivity index (χ1) is 10.5. The normalized spacial score (nSPS) is 25.2. The van der Waals surface area contributed by atoms with Crippen LogP contribution in [0.3, 0.4) is 0 Å². The number of nitrogens with one attached hydrogen (secondary N) is 1. The number of aldehydes is 1. The van der Waals surface area contributed by atoms with Crippen molar-refractivity contribution in [3.63, 3.8) is 0 Å². The standard InChI is InChI=1S/C15H20N4O3/c1-15(14(22)16-10-5-3-4-6-10)9-19-12(13(21)18(15)2)7-11(8-20)17-19/h7-8,10H,3-6,9H2,1-2H3,(H,16,22). The van der Waals surface area contributed by atoms with Crippen LogP contribution in [-0.4, -0.2) is 51.4 Å². The average Bonchev–Trinajstić information content (AvgIpc) is 3.14. The quantitative estimate of drug-likeness (QED) is 0.829. The molecule has 2 heterocycles. The zero-order valence-corrected chi connectivity index (χ0v) is 12.8. The average molecular weight is 304 g/mol. The molecule has 0 radical (unpaired) electrons. The second kappa shape index (κ2) is 5.23. The Hall–Kier alpha value is -2.18. The van der Waals surface area contributed by atoms with E-state index in [1.165, 1.54) is 15.6 Å². The van der Waals surface area contributed by atoms with Crippen molar-refractivity contribution in [2.45, 2.75) is 50.7 Å². The smallest absolute Gasteiger partial charge is 0.272 e. The maximum Gasteiger partial charge on any atom is 0.272 e. The molecule has 0 spiro atoms. The molecule has 0 aromatic carbocycles. The lowest BCUT2D eigenvalue weighted by Crippen LogP contribution is -2.63. The number of aromatic nitrogens is 2. The minimum absolute atomic E-state index is 0.163. The molecule has 1 aromatic rings. The van der Waals surface area contributed by atoms with E-state index in [0.717, 1.165) is 25.7 Å². The molecule has 7 nitrogen and oxygen atoms in total. The van der Waals surface area contributed by atoms with Crippen molar-refractivity contribution < 1.29 is 14.4 Å². The van der Waals surface area contributed by atoms with Gasteiger partial charge in [-0.15, -0.1) is 0 Å². The van der Waals surface area contributed by atoms with Crippen LogP contribution in [0, 0.1) is 0 Å². The van der Waals surface area contributed by atoms with Crippen molar-refractivity contribution in [3.8, 4) is 0 Å². The maximum atomic E-state index is 12.7. The summed E-state index contributed by atoms with van der Waals surface area (Å²) in [6.45, 7) is 1.98. The van der Waals surface area contributed by atoms with Crippen molar-refractivity contribution in [2.75, 3.05) is 7.05 Å². The van der Waals surface area contributed by atoms with E-state index in [1.807, 2.05) is 0 Å². The van der Waals surface area contributed by atoms with E-state index in [2.05, 4.69) is 10.4 Å². The fourth-order valence-corrected chi connectivity index (χ4v) is 3.22. The van der Waals surface area contributed by atoms with E-state index in [4.69, 9.17) is 0 Å². The molecule has 1 aliphatic heterocycles. The molecule has 2 aliphatic rings. The molecule has 7 heteroatoms. The number of hydrogen-bond acceptors (Lipinski definition) is 4. The van der Waals surface area contributed by atoms with Gasteiger partial charge in [-0.2, -0.15) is 5.10 Å². The van der Waals surface area contributed by atoms with E-state index < -0.39 is 5.54 Å². The topological polar surface area (TPSA) is 84.3 Å². The highest BCUT2D eigenvalue weighted by molar-refractivity contribution is 6.00. The summed E-state index contributed by atoms with van der Waals surface area (Å²) in [7, 11) is 1.62. The Kier molecular flexibility index (Phi) is 3.50. The Morgan fingerprint density at radius 2 is 2.14 bits per heavy atom. The van der Waals surface area contributed by atoms with Crippen LogP contribution in [0.4, 0.5) is 0 Å².